The third-order valence-corrected chi connectivity index (χ3v) is 5.28. The summed E-state index contributed by atoms with van der Waals surface area (Å²) in [5, 5.41) is 11.3. The summed E-state index contributed by atoms with van der Waals surface area (Å²) >= 11 is 0. The number of aromatic nitrogens is 2. The van der Waals surface area contributed by atoms with E-state index in [9.17, 15) is 9.59 Å². The van der Waals surface area contributed by atoms with Gasteiger partial charge >= 0.3 is 11.8 Å². The predicted molar refractivity (Wildman–Crippen MR) is 134 cm³/mol. The number of aryl methyl sites for hydroxylation is 2. The van der Waals surface area contributed by atoms with E-state index in [-0.39, 0.29) is 0 Å². The summed E-state index contributed by atoms with van der Waals surface area (Å²) in [6.07, 6.45) is 4.22. The molecule has 0 bridgehead atoms. The Morgan fingerprint density at radius 1 is 0.941 bits per heavy atom. The molecule has 0 aliphatic carbocycles. The average Bonchev–Trinajstić information content (AvgIpc) is 3.29. The lowest BCUT2D eigenvalue weighted by Crippen LogP contribution is -2.32. The third kappa shape index (κ3) is 5.45. The molecule has 3 aromatic carbocycles. The quantitative estimate of drug-likeness (QED) is 0.257. The van der Waals surface area contributed by atoms with Crippen molar-refractivity contribution in [3.8, 4) is 16.9 Å². The van der Waals surface area contributed by atoms with Gasteiger partial charge in [0.25, 0.3) is 0 Å². The van der Waals surface area contributed by atoms with E-state index in [4.69, 9.17) is 5.10 Å². The molecule has 0 aliphatic rings. The average molecular weight is 452 g/mol. The molecule has 0 spiro atoms. The first-order valence-corrected chi connectivity index (χ1v) is 11.0. The summed E-state index contributed by atoms with van der Waals surface area (Å²) in [7, 11) is 0. The van der Waals surface area contributed by atoms with Gasteiger partial charge in [0.1, 0.15) is 5.69 Å². The smallest absolute Gasteiger partial charge is 0.318 e. The fraction of sp³-hybridized carbons (Fsp3) is 0.111. The molecular weight excluding hydrogens is 426 g/mol. The third-order valence-electron chi connectivity index (χ3n) is 5.28. The molecule has 1 aromatic heterocycles. The number of carbonyl (C=O) groups excluding carboxylic acids is 2. The van der Waals surface area contributed by atoms with Crippen LogP contribution >= 0.6 is 0 Å². The molecule has 0 saturated carbocycles. The van der Waals surface area contributed by atoms with Crippen molar-refractivity contribution in [2.24, 2.45) is 5.10 Å². The van der Waals surface area contributed by atoms with Crippen LogP contribution in [0.4, 0.5) is 5.69 Å². The molecule has 7 heteroatoms. The normalized spacial score (nSPS) is 10.9. The van der Waals surface area contributed by atoms with Gasteiger partial charge in [-0.1, -0.05) is 67.1 Å². The van der Waals surface area contributed by atoms with E-state index < -0.39 is 11.8 Å². The van der Waals surface area contributed by atoms with E-state index >= 15 is 0 Å². The minimum Gasteiger partial charge on any atom is -0.318 e. The zero-order valence-electron chi connectivity index (χ0n) is 19.0. The van der Waals surface area contributed by atoms with E-state index in [0.717, 1.165) is 28.8 Å². The summed E-state index contributed by atoms with van der Waals surface area (Å²) < 4.78 is 1.75. The van der Waals surface area contributed by atoms with Crippen LogP contribution in [0.2, 0.25) is 0 Å². The van der Waals surface area contributed by atoms with Gasteiger partial charge in [-0.2, -0.15) is 10.2 Å². The van der Waals surface area contributed by atoms with E-state index in [2.05, 4.69) is 15.8 Å². The fourth-order valence-electron chi connectivity index (χ4n) is 3.35. The Morgan fingerprint density at radius 2 is 1.65 bits per heavy atom. The molecule has 4 aromatic rings. The second-order valence-electron chi connectivity index (χ2n) is 7.78. The molecule has 1 heterocycles. The Labute approximate surface area is 198 Å². The van der Waals surface area contributed by atoms with Gasteiger partial charge in [0.15, 0.2) is 0 Å². The first kappa shape index (κ1) is 22.7. The predicted octanol–water partition coefficient (Wildman–Crippen LogP) is 4.50. The number of para-hydroxylation sites is 1. The molecule has 2 amide bonds. The largest absolute Gasteiger partial charge is 0.329 e. The Morgan fingerprint density at radius 3 is 2.32 bits per heavy atom. The summed E-state index contributed by atoms with van der Waals surface area (Å²) in [6, 6.07) is 25.0. The molecule has 0 aliphatic heterocycles. The second-order valence-corrected chi connectivity index (χ2v) is 7.78. The highest BCUT2D eigenvalue weighted by molar-refractivity contribution is 6.39. The van der Waals surface area contributed by atoms with Crippen molar-refractivity contribution >= 4 is 23.7 Å². The van der Waals surface area contributed by atoms with Gasteiger partial charge in [-0.3, -0.25) is 9.59 Å². The molecule has 2 N–H and O–H groups in total. The van der Waals surface area contributed by atoms with Gasteiger partial charge in [0.2, 0.25) is 0 Å². The summed E-state index contributed by atoms with van der Waals surface area (Å²) in [4.78, 5) is 24.4. The van der Waals surface area contributed by atoms with Crippen LogP contribution in [0.1, 0.15) is 23.6 Å². The van der Waals surface area contributed by atoms with Gasteiger partial charge in [-0.05, 0) is 43.2 Å². The summed E-state index contributed by atoms with van der Waals surface area (Å²) in [5.41, 5.74) is 8.35. The number of carbonyl (C=O) groups is 2. The van der Waals surface area contributed by atoms with Crippen molar-refractivity contribution in [2.45, 2.75) is 20.3 Å². The van der Waals surface area contributed by atoms with E-state index in [1.165, 1.54) is 6.21 Å². The molecule has 170 valence electrons. The van der Waals surface area contributed by atoms with Gasteiger partial charge in [-0.25, -0.2) is 10.1 Å². The Kier molecular flexibility index (Phi) is 6.93. The number of hydrazone groups is 1. The number of nitrogens with one attached hydrogen (secondary N) is 2. The number of rotatable bonds is 6. The molecule has 0 atom stereocenters. The number of hydrogen-bond donors (Lipinski definition) is 2. The minimum atomic E-state index is -0.858. The van der Waals surface area contributed by atoms with E-state index in [0.29, 0.717) is 16.9 Å². The maximum absolute atomic E-state index is 12.2. The number of nitrogens with zero attached hydrogens (tertiary/aromatic N) is 3. The van der Waals surface area contributed by atoms with Crippen LogP contribution in [0.5, 0.6) is 0 Å². The molecule has 0 radical (unpaired) electrons. The Bertz CT molecular complexity index is 1310. The van der Waals surface area contributed by atoms with E-state index in [1.807, 2.05) is 86.8 Å². The SMILES string of the molecule is CCc1ccc(NC(=O)C(=O)N/N=C\c2cn(-c3ccccc3)nc2-c2ccc(C)cc2)cc1. The molecule has 0 saturated heterocycles. The number of anilines is 1. The number of benzene rings is 3. The molecule has 34 heavy (non-hydrogen) atoms. The van der Waals surface area contributed by atoms with Gasteiger partial charge in [0.05, 0.1) is 11.9 Å². The maximum Gasteiger partial charge on any atom is 0.329 e. The summed E-state index contributed by atoms with van der Waals surface area (Å²) in [5.74, 6) is -1.65. The molecule has 0 unspecified atom stereocenters. The number of hydrogen-bond acceptors (Lipinski definition) is 4. The zero-order valence-corrected chi connectivity index (χ0v) is 19.0. The monoisotopic (exact) mass is 451 g/mol. The first-order valence-electron chi connectivity index (χ1n) is 11.0. The van der Waals surface area contributed by atoms with Crippen molar-refractivity contribution in [2.75, 3.05) is 5.32 Å². The fourth-order valence-corrected chi connectivity index (χ4v) is 3.35. The Balaban J connectivity index is 1.50. The van der Waals surface area contributed by atoms with Crippen molar-refractivity contribution in [3.05, 3.63) is 102 Å². The van der Waals surface area contributed by atoms with Crippen molar-refractivity contribution in [3.63, 3.8) is 0 Å². The Hall–Kier alpha value is -4.52. The molecular formula is C27H25N5O2. The van der Waals surface area contributed by atoms with Crippen molar-refractivity contribution in [1.82, 2.24) is 15.2 Å². The van der Waals surface area contributed by atoms with E-state index in [1.54, 1.807) is 16.8 Å². The maximum atomic E-state index is 12.2. The minimum absolute atomic E-state index is 0.548. The van der Waals surface area contributed by atoms with Crippen LogP contribution in [0, 0.1) is 6.92 Å². The van der Waals surface area contributed by atoms with Gasteiger partial charge in [0, 0.05) is 23.0 Å². The molecule has 4 rings (SSSR count). The van der Waals surface area contributed by atoms with Gasteiger partial charge in [-0.15, -0.1) is 0 Å². The van der Waals surface area contributed by atoms with Crippen molar-refractivity contribution in [1.29, 1.82) is 0 Å². The molecule has 7 nitrogen and oxygen atoms in total. The van der Waals surface area contributed by atoms with Crippen LogP contribution in [0.25, 0.3) is 16.9 Å². The topological polar surface area (TPSA) is 88.4 Å². The van der Waals surface area contributed by atoms with Crippen LogP contribution < -0.4 is 10.7 Å². The summed E-state index contributed by atoms with van der Waals surface area (Å²) in [6.45, 7) is 4.07. The highest BCUT2D eigenvalue weighted by Crippen LogP contribution is 2.23. The standard InChI is InChI=1S/C27H25N5O2/c1-3-20-11-15-23(16-12-20)29-26(33)27(34)30-28-17-22-18-32(24-7-5-4-6-8-24)31-25(22)21-13-9-19(2)10-14-21/h4-18H,3H2,1-2H3,(H,29,33)(H,30,34)/b28-17-. The first-order chi connectivity index (χ1) is 16.5. The lowest BCUT2D eigenvalue weighted by Gasteiger charge is -2.04. The van der Waals surface area contributed by atoms with Crippen molar-refractivity contribution < 1.29 is 9.59 Å². The second kappa shape index (κ2) is 10.4. The highest BCUT2D eigenvalue weighted by Gasteiger charge is 2.14. The highest BCUT2D eigenvalue weighted by atomic mass is 16.2. The van der Waals surface area contributed by atoms with Crippen LogP contribution in [0.3, 0.4) is 0 Å². The van der Waals surface area contributed by atoms with Crippen LogP contribution in [0.15, 0.2) is 90.2 Å². The number of amides is 2. The van der Waals surface area contributed by atoms with Crippen LogP contribution in [-0.4, -0.2) is 27.8 Å². The zero-order chi connectivity index (χ0) is 23.9. The van der Waals surface area contributed by atoms with Crippen LogP contribution in [-0.2, 0) is 16.0 Å². The lowest BCUT2D eigenvalue weighted by molar-refractivity contribution is -0.136. The van der Waals surface area contributed by atoms with Gasteiger partial charge < -0.3 is 5.32 Å². The lowest BCUT2D eigenvalue weighted by atomic mass is 10.1. The molecule has 0 fully saturated rings.